The molecule has 2 rings (SSSR count). The van der Waals surface area contributed by atoms with Crippen molar-refractivity contribution in [3.63, 3.8) is 0 Å². The summed E-state index contributed by atoms with van der Waals surface area (Å²) in [7, 11) is -1.50. The van der Waals surface area contributed by atoms with Gasteiger partial charge in [0.25, 0.3) is 0 Å². The van der Waals surface area contributed by atoms with Gasteiger partial charge < -0.3 is 4.90 Å². The third kappa shape index (κ3) is 6.25. The van der Waals surface area contributed by atoms with Gasteiger partial charge in [-0.3, -0.25) is 9.69 Å². The third-order valence-corrected chi connectivity index (χ3v) is 7.22. The minimum atomic E-state index is -3.21. The highest BCUT2D eigenvalue weighted by molar-refractivity contribution is 7.89. The summed E-state index contributed by atoms with van der Waals surface area (Å²) < 4.78 is 39.7. The molecule has 0 spiro atoms. The largest absolute Gasteiger partial charge is 0.340 e. The van der Waals surface area contributed by atoms with Crippen molar-refractivity contribution in [2.45, 2.75) is 45.7 Å². The van der Waals surface area contributed by atoms with Crippen molar-refractivity contribution >= 4 is 15.9 Å². The topological polar surface area (TPSA) is 60.9 Å². The Morgan fingerprint density at radius 1 is 1.21 bits per heavy atom. The highest BCUT2D eigenvalue weighted by Gasteiger charge is 2.31. The van der Waals surface area contributed by atoms with Crippen molar-refractivity contribution in [2.24, 2.45) is 0 Å². The van der Waals surface area contributed by atoms with E-state index < -0.39 is 10.0 Å². The maximum Gasteiger partial charge on any atom is 0.239 e. The van der Waals surface area contributed by atoms with Gasteiger partial charge in [0.2, 0.25) is 15.9 Å². The Morgan fingerprint density at radius 2 is 1.89 bits per heavy atom. The van der Waals surface area contributed by atoms with Crippen LogP contribution in [0.15, 0.2) is 24.3 Å². The smallest absolute Gasteiger partial charge is 0.239 e. The Morgan fingerprint density at radius 3 is 2.50 bits per heavy atom. The predicted molar refractivity (Wildman–Crippen MR) is 109 cm³/mol. The quantitative estimate of drug-likeness (QED) is 0.583. The molecule has 1 heterocycles. The molecule has 0 bridgehead atoms. The molecule has 1 aromatic carbocycles. The Balaban J connectivity index is 1.86. The van der Waals surface area contributed by atoms with Gasteiger partial charge in [-0.05, 0) is 31.0 Å². The van der Waals surface area contributed by atoms with E-state index in [-0.39, 0.29) is 23.5 Å². The van der Waals surface area contributed by atoms with Crippen LogP contribution < -0.4 is 0 Å². The molecule has 6 nitrogen and oxygen atoms in total. The number of halogens is 1. The third-order valence-electron chi connectivity index (χ3n) is 5.26. The van der Waals surface area contributed by atoms with E-state index in [1.807, 2.05) is 11.8 Å². The van der Waals surface area contributed by atoms with E-state index in [0.717, 1.165) is 18.4 Å². The first kappa shape index (κ1) is 22.8. The van der Waals surface area contributed by atoms with Crippen LogP contribution in [0.5, 0.6) is 0 Å². The molecule has 1 unspecified atom stereocenters. The first-order chi connectivity index (χ1) is 13.2. The number of sulfonamides is 1. The number of rotatable bonds is 9. The molecule has 1 fully saturated rings. The molecule has 158 valence electrons. The van der Waals surface area contributed by atoms with Gasteiger partial charge in [0.15, 0.2) is 0 Å². The fraction of sp³-hybridized carbons (Fsp3) is 0.650. The van der Waals surface area contributed by atoms with Crippen molar-refractivity contribution in [3.8, 4) is 0 Å². The lowest BCUT2D eigenvalue weighted by molar-refractivity contribution is -0.136. The normalized spacial score (nSPS) is 17.4. The zero-order valence-corrected chi connectivity index (χ0v) is 17.9. The van der Waals surface area contributed by atoms with Crippen LogP contribution in [0.4, 0.5) is 4.39 Å². The molecule has 8 heteroatoms. The first-order valence-electron chi connectivity index (χ1n) is 9.96. The number of amides is 1. The number of benzene rings is 1. The van der Waals surface area contributed by atoms with E-state index in [1.54, 1.807) is 28.4 Å². The molecule has 0 saturated carbocycles. The van der Waals surface area contributed by atoms with Gasteiger partial charge in [0.05, 0.1) is 11.8 Å². The Hall–Kier alpha value is -1.51. The average Bonchev–Trinajstić information content (AvgIpc) is 2.67. The number of carbonyl (C=O) groups excluding carboxylic acids is 1. The van der Waals surface area contributed by atoms with E-state index in [0.29, 0.717) is 39.1 Å². The molecule has 1 saturated heterocycles. The fourth-order valence-corrected chi connectivity index (χ4v) is 5.04. The van der Waals surface area contributed by atoms with Gasteiger partial charge in [-0.1, -0.05) is 31.9 Å². The van der Waals surface area contributed by atoms with E-state index in [1.165, 1.54) is 12.1 Å². The lowest BCUT2D eigenvalue weighted by atomic mass is 10.1. The molecule has 28 heavy (non-hydrogen) atoms. The lowest BCUT2D eigenvalue weighted by Crippen LogP contribution is -2.55. The van der Waals surface area contributed by atoms with Gasteiger partial charge in [-0.25, -0.2) is 12.8 Å². The Bertz CT molecular complexity index is 749. The van der Waals surface area contributed by atoms with Crippen LogP contribution in [0.3, 0.4) is 0 Å². The van der Waals surface area contributed by atoms with Crippen molar-refractivity contribution in [1.29, 1.82) is 0 Å². The van der Waals surface area contributed by atoms with Gasteiger partial charge in [0.1, 0.15) is 5.82 Å². The second-order valence-electron chi connectivity index (χ2n) is 7.46. The van der Waals surface area contributed by atoms with Crippen molar-refractivity contribution < 1.29 is 17.6 Å². The summed E-state index contributed by atoms with van der Waals surface area (Å²) in [5.41, 5.74) is 0.742. The summed E-state index contributed by atoms with van der Waals surface area (Å²) in [4.78, 5) is 16.3. The van der Waals surface area contributed by atoms with Gasteiger partial charge in [0, 0.05) is 39.8 Å². The fourth-order valence-electron chi connectivity index (χ4n) is 3.49. The van der Waals surface area contributed by atoms with Crippen molar-refractivity contribution in [2.75, 3.05) is 39.0 Å². The summed E-state index contributed by atoms with van der Waals surface area (Å²) in [6.07, 6.45) is 2.60. The number of carbonyl (C=O) groups is 1. The van der Waals surface area contributed by atoms with Crippen LogP contribution in [0.1, 0.15) is 38.7 Å². The summed E-state index contributed by atoms with van der Waals surface area (Å²) in [6, 6.07) is 5.88. The standard InChI is InChI=1S/C20H32FN3O3S/c1-4-5-6-14-28(26,27)24-12-10-23(11-13-24)17(2)20(25)22(3)16-18-8-7-9-19(21)15-18/h7-9,15,17H,4-6,10-14,16H2,1-3H3. The zero-order chi connectivity index (χ0) is 20.7. The van der Waals surface area contributed by atoms with Crippen LogP contribution in [0.2, 0.25) is 0 Å². The molecule has 1 atom stereocenters. The molecular weight excluding hydrogens is 381 g/mol. The van der Waals surface area contributed by atoms with Crippen LogP contribution in [-0.4, -0.2) is 73.5 Å². The van der Waals surface area contributed by atoms with E-state index in [4.69, 9.17) is 0 Å². The minimum Gasteiger partial charge on any atom is -0.340 e. The van der Waals surface area contributed by atoms with Gasteiger partial charge in [-0.15, -0.1) is 0 Å². The zero-order valence-electron chi connectivity index (χ0n) is 17.1. The van der Waals surface area contributed by atoms with Crippen molar-refractivity contribution in [3.05, 3.63) is 35.6 Å². The van der Waals surface area contributed by atoms with Crippen LogP contribution in [-0.2, 0) is 21.4 Å². The lowest BCUT2D eigenvalue weighted by Gasteiger charge is -2.38. The highest BCUT2D eigenvalue weighted by Crippen LogP contribution is 2.14. The number of nitrogens with zero attached hydrogens (tertiary/aromatic N) is 3. The average molecular weight is 414 g/mol. The molecule has 0 aromatic heterocycles. The van der Waals surface area contributed by atoms with Crippen molar-refractivity contribution in [1.82, 2.24) is 14.1 Å². The molecule has 0 aliphatic carbocycles. The highest BCUT2D eigenvalue weighted by atomic mass is 32.2. The first-order valence-corrected chi connectivity index (χ1v) is 11.6. The SMILES string of the molecule is CCCCCS(=O)(=O)N1CCN(C(C)C(=O)N(C)Cc2cccc(F)c2)CC1. The summed E-state index contributed by atoms with van der Waals surface area (Å²) in [5.74, 6) is -0.169. The van der Waals surface area contributed by atoms with Gasteiger partial charge >= 0.3 is 0 Å². The predicted octanol–water partition coefficient (Wildman–Crippen LogP) is 2.31. The van der Waals surface area contributed by atoms with E-state index in [9.17, 15) is 17.6 Å². The number of unbranched alkanes of at least 4 members (excludes halogenated alkanes) is 2. The van der Waals surface area contributed by atoms with Crippen LogP contribution in [0, 0.1) is 5.82 Å². The molecule has 1 aliphatic rings. The second-order valence-corrected chi connectivity index (χ2v) is 9.55. The maximum atomic E-state index is 13.3. The number of piperazine rings is 1. The minimum absolute atomic E-state index is 0.0523. The molecule has 0 N–H and O–H groups in total. The summed E-state index contributed by atoms with van der Waals surface area (Å²) >= 11 is 0. The van der Waals surface area contributed by atoms with Gasteiger partial charge in [-0.2, -0.15) is 4.31 Å². The Labute approximate surface area is 168 Å². The summed E-state index contributed by atoms with van der Waals surface area (Å²) in [5, 5.41) is 0. The molecule has 1 amide bonds. The molecular formula is C20H32FN3O3S. The monoisotopic (exact) mass is 413 g/mol. The van der Waals surface area contributed by atoms with Crippen LogP contribution in [0.25, 0.3) is 0 Å². The Kier molecular flexibility index (Phi) is 8.39. The number of hydrogen-bond acceptors (Lipinski definition) is 4. The number of likely N-dealkylation sites (N-methyl/N-ethyl adjacent to an activating group) is 1. The summed E-state index contributed by atoms with van der Waals surface area (Å²) in [6.45, 7) is 6.14. The number of hydrogen-bond donors (Lipinski definition) is 0. The second kappa shape index (κ2) is 10.3. The van der Waals surface area contributed by atoms with Crippen LogP contribution >= 0.6 is 0 Å². The molecule has 0 radical (unpaired) electrons. The van der Waals surface area contributed by atoms with E-state index >= 15 is 0 Å². The molecule has 1 aliphatic heterocycles. The maximum absolute atomic E-state index is 13.3. The molecule has 1 aromatic rings. The van der Waals surface area contributed by atoms with E-state index in [2.05, 4.69) is 6.92 Å².